The van der Waals surface area contributed by atoms with E-state index in [4.69, 9.17) is 5.73 Å². The van der Waals surface area contributed by atoms with E-state index < -0.39 is 0 Å². The van der Waals surface area contributed by atoms with Gasteiger partial charge in [-0.2, -0.15) is 0 Å². The smallest absolute Gasteiger partial charge is 0.233 e. The van der Waals surface area contributed by atoms with E-state index in [1.165, 1.54) is 0 Å². The van der Waals surface area contributed by atoms with Gasteiger partial charge in [-0.1, -0.05) is 27.7 Å². The molecule has 0 heterocycles. The topological polar surface area (TPSA) is 55.1 Å². The Balaban J connectivity index is 2.38. The minimum Gasteiger partial charge on any atom is -0.355 e. The van der Waals surface area contributed by atoms with Crippen LogP contribution in [0.4, 0.5) is 0 Å². The fourth-order valence-corrected chi connectivity index (χ4v) is 2.13. The Labute approximate surface area is 80.1 Å². The number of hydrogen-bond donors (Lipinski definition) is 2. The van der Waals surface area contributed by atoms with Crippen molar-refractivity contribution >= 4 is 5.91 Å². The molecule has 1 aliphatic rings. The Morgan fingerprint density at radius 1 is 1.31 bits per heavy atom. The summed E-state index contributed by atoms with van der Waals surface area (Å²) in [6.45, 7) is 9.82. The Bertz CT molecular complexity index is 207. The van der Waals surface area contributed by atoms with Crippen molar-refractivity contribution < 1.29 is 4.79 Å². The van der Waals surface area contributed by atoms with E-state index in [0.717, 1.165) is 6.54 Å². The van der Waals surface area contributed by atoms with Crippen molar-refractivity contribution in [2.75, 3.05) is 13.1 Å². The summed E-state index contributed by atoms with van der Waals surface area (Å²) in [5.41, 5.74) is 5.89. The number of hydrogen-bond acceptors (Lipinski definition) is 2. The predicted molar refractivity (Wildman–Crippen MR) is 53.1 cm³/mol. The van der Waals surface area contributed by atoms with Gasteiger partial charge in [0.1, 0.15) is 0 Å². The molecule has 0 aromatic carbocycles. The zero-order valence-corrected chi connectivity index (χ0v) is 8.98. The maximum Gasteiger partial charge on any atom is 0.233 e. The van der Waals surface area contributed by atoms with Crippen LogP contribution in [0.25, 0.3) is 0 Å². The summed E-state index contributed by atoms with van der Waals surface area (Å²) in [7, 11) is 0. The third kappa shape index (κ3) is 1.57. The van der Waals surface area contributed by atoms with Crippen LogP contribution in [0.15, 0.2) is 0 Å². The van der Waals surface area contributed by atoms with Crippen LogP contribution in [0.5, 0.6) is 0 Å². The molecule has 13 heavy (non-hydrogen) atoms. The zero-order chi connectivity index (χ0) is 10.3. The van der Waals surface area contributed by atoms with Gasteiger partial charge in [-0.05, 0) is 16.7 Å². The molecule has 0 aromatic rings. The highest BCUT2D eigenvalue weighted by molar-refractivity contribution is 5.77. The van der Waals surface area contributed by atoms with Crippen molar-refractivity contribution in [3.8, 4) is 0 Å². The first kappa shape index (κ1) is 10.5. The van der Waals surface area contributed by atoms with Crippen LogP contribution < -0.4 is 11.1 Å². The second-order valence-corrected chi connectivity index (χ2v) is 5.00. The van der Waals surface area contributed by atoms with Gasteiger partial charge in [-0.25, -0.2) is 0 Å². The van der Waals surface area contributed by atoms with Gasteiger partial charge in [0.2, 0.25) is 5.91 Å². The minimum atomic E-state index is -0.0569. The molecule has 0 unspecified atom stereocenters. The van der Waals surface area contributed by atoms with Gasteiger partial charge in [0, 0.05) is 6.54 Å². The van der Waals surface area contributed by atoms with E-state index in [-0.39, 0.29) is 12.5 Å². The lowest BCUT2D eigenvalue weighted by atomic mass is 10.0. The Kier molecular flexibility index (Phi) is 2.41. The van der Waals surface area contributed by atoms with Gasteiger partial charge in [0.05, 0.1) is 6.54 Å². The fourth-order valence-electron chi connectivity index (χ4n) is 2.13. The molecule has 3 heteroatoms. The maximum atomic E-state index is 10.9. The third-order valence-corrected chi connectivity index (χ3v) is 4.01. The van der Waals surface area contributed by atoms with Gasteiger partial charge in [-0.15, -0.1) is 0 Å². The second kappa shape index (κ2) is 2.98. The molecular formula is C10H20N2O. The Morgan fingerprint density at radius 2 is 1.77 bits per heavy atom. The number of rotatable bonds is 3. The zero-order valence-electron chi connectivity index (χ0n) is 8.98. The quantitative estimate of drug-likeness (QED) is 0.680. The van der Waals surface area contributed by atoms with Crippen LogP contribution in [0.1, 0.15) is 27.7 Å². The van der Waals surface area contributed by atoms with Gasteiger partial charge in [0.15, 0.2) is 0 Å². The van der Waals surface area contributed by atoms with E-state index in [2.05, 4.69) is 33.0 Å². The summed E-state index contributed by atoms with van der Waals surface area (Å²) in [6.07, 6.45) is 0. The number of carbonyl (C=O) groups excluding carboxylic acids is 1. The van der Waals surface area contributed by atoms with Gasteiger partial charge >= 0.3 is 0 Å². The van der Waals surface area contributed by atoms with Crippen molar-refractivity contribution in [1.82, 2.24) is 5.32 Å². The molecule has 0 radical (unpaired) electrons. The summed E-state index contributed by atoms with van der Waals surface area (Å²) in [4.78, 5) is 10.9. The average Bonchev–Trinajstić information content (AvgIpc) is 2.40. The van der Waals surface area contributed by atoms with Crippen molar-refractivity contribution in [3.63, 3.8) is 0 Å². The van der Waals surface area contributed by atoms with Crippen molar-refractivity contribution in [2.24, 2.45) is 22.5 Å². The van der Waals surface area contributed by atoms with Crippen molar-refractivity contribution in [2.45, 2.75) is 27.7 Å². The molecule has 1 fully saturated rings. The standard InChI is InChI=1S/C10H20N2O/c1-9(2)7(10(9,3)4)6-12-8(13)5-11/h7H,5-6,11H2,1-4H3,(H,12,13). The summed E-state index contributed by atoms with van der Waals surface area (Å²) in [5, 5.41) is 2.84. The molecule has 3 N–H and O–H groups in total. The van der Waals surface area contributed by atoms with Crippen LogP contribution in [0.3, 0.4) is 0 Å². The molecule has 0 aromatic heterocycles. The van der Waals surface area contributed by atoms with Gasteiger partial charge in [-0.3, -0.25) is 4.79 Å². The number of nitrogens with one attached hydrogen (secondary N) is 1. The first-order chi connectivity index (χ1) is 5.84. The van der Waals surface area contributed by atoms with Crippen LogP contribution in [0, 0.1) is 16.7 Å². The molecule has 0 saturated heterocycles. The highest BCUT2D eigenvalue weighted by atomic mass is 16.1. The lowest BCUT2D eigenvalue weighted by molar-refractivity contribution is -0.119. The first-order valence-electron chi connectivity index (χ1n) is 4.81. The Morgan fingerprint density at radius 3 is 2.08 bits per heavy atom. The molecule has 1 amide bonds. The second-order valence-electron chi connectivity index (χ2n) is 5.00. The number of amides is 1. The van der Waals surface area contributed by atoms with E-state index in [0.29, 0.717) is 16.7 Å². The lowest BCUT2D eigenvalue weighted by Gasteiger charge is -2.04. The minimum absolute atomic E-state index is 0.0569. The predicted octanol–water partition coefficient (Wildman–Crippen LogP) is 0.743. The SMILES string of the molecule is CC1(C)C(CNC(=O)CN)C1(C)C. The van der Waals surface area contributed by atoms with E-state index in [9.17, 15) is 4.79 Å². The molecule has 0 bridgehead atoms. The Hall–Kier alpha value is -0.570. The summed E-state index contributed by atoms with van der Waals surface area (Å²) in [5.74, 6) is 0.522. The molecule has 3 nitrogen and oxygen atoms in total. The molecule has 0 aliphatic heterocycles. The summed E-state index contributed by atoms with van der Waals surface area (Å²) >= 11 is 0. The largest absolute Gasteiger partial charge is 0.355 e. The summed E-state index contributed by atoms with van der Waals surface area (Å²) < 4.78 is 0. The van der Waals surface area contributed by atoms with Crippen molar-refractivity contribution in [3.05, 3.63) is 0 Å². The number of nitrogens with two attached hydrogens (primary N) is 1. The third-order valence-electron chi connectivity index (χ3n) is 4.01. The molecule has 0 spiro atoms. The highest BCUT2D eigenvalue weighted by Gasteiger charge is 2.64. The van der Waals surface area contributed by atoms with Crippen molar-refractivity contribution in [1.29, 1.82) is 0 Å². The van der Waals surface area contributed by atoms with Gasteiger partial charge in [0.25, 0.3) is 0 Å². The monoisotopic (exact) mass is 184 g/mol. The molecule has 1 rings (SSSR count). The summed E-state index contributed by atoms with van der Waals surface area (Å²) in [6, 6.07) is 0. The van der Waals surface area contributed by atoms with Crippen LogP contribution in [-0.4, -0.2) is 19.0 Å². The van der Waals surface area contributed by atoms with E-state index >= 15 is 0 Å². The fraction of sp³-hybridized carbons (Fsp3) is 0.900. The van der Waals surface area contributed by atoms with E-state index in [1.807, 2.05) is 0 Å². The highest BCUT2D eigenvalue weighted by Crippen LogP contribution is 2.67. The number of carbonyl (C=O) groups is 1. The lowest BCUT2D eigenvalue weighted by Crippen LogP contribution is -2.32. The van der Waals surface area contributed by atoms with Crippen LogP contribution in [0.2, 0.25) is 0 Å². The molecule has 1 aliphatic carbocycles. The maximum absolute atomic E-state index is 10.9. The van der Waals surface area contributed by atoms with E-state index in [1.54, 1.807) is 0 Å². The first-order valence-corrected chi connectivity index (χ1v) is 4.81. The normalized spacial score (nSPS) is 24.1. The van der Waals surface area contributed by atoms with Crippen LogP contribution >= 0.6 is 0 Å². The van der Waals surface area contributed by atoms with Gasteiger partial charge < -0.3 is 11.1 Å². The molecule has 0 atom stereocenters. The molecule has 76 valence electrons. The van der Waals surface area contributed by atoms with Crippen LogP contribution in [-0.2, 0) is 4.79 Å². The molecular weight excluding hydrogens is 164 g/mol. The average molecular weight is 184 g/mol. The molecule has 1 saturated carbocycles.